The standard InChI is InChI=1S/C12H9B2O6P/c13-19-21(16,20-14)18-12-8-4-2-1-3-7(8)11-9(10(12)15)5-6-17-11/h1-4,15H,5-6H2. The van der Waals surface area contributed by atoms with E-state index >= 15 is 0 Å². The van der Waals surface area contributed by atoms with Gasteiger partial charge in [-0.25, -0.2) is 4.57 Å². The highest BCUT2D eigenvalue weighted by Crippen LogP contribution is 2.55. The lowest BCUT2D eigenvalue weighted by Crippen LogP contribution is -2.00. The lowest BCUT2D eigenvalue weighted by Gasteiger charge is -2.19. The maximum absolute atomic E-state index is 12.0. The largest absolute Gasteiger partial charge is 0.504 e. The van der Waals surface area contributed by atoms with Crippen molar-refractivity contribution in [2.75, 3.05) is 6.61 Å². The molecule has 0 bridgehead atoms. The van der Waals surface area contributed by atoms with E-state index in [0.717, 1.165) is 0 Å². The third-order valence-electron chi connectivity index (χ3n) is 3.25. The van der Waals surface area contributed by atoms with Gasteiger partial charge in [0.2, 0.25) is 0 Å². The van der Waals surface area contributed by atoms with Crippen LogP contribution in [0, 0.1) is 0 Å². The Hall–Kier alpha value is -1.62. The average molecular weight is 302 g/mol. The summed E-state index contributed by atoms with van der Waals surface area (Å²) < 4.78 is 30.9. The lowest BCUT2D eigenvalue weighted by atomic mass is 10.0. The summed E-state index contributed by atoms with van der Waals surface area (Å²) in [6.07, 6.45) is 0.500. The zero-order valence-electron chi connectivity index (χ0n) is 10.8. The average Bonchev–Trinajstić information content (AvgIpc) is 3.01. The van der Waals surface area contributed by atoms with E-state index in [1.807, 2.05) is 6.07 Å². The van der Waals surface area contributed by atoms with E-state index in [1.54, 1.807) is 18.2 Å². The van der Waals surface area contributed by atoms with E-state index in [0.29, 0.717) is 35.1 Å². The second-order valence-electron chi connectivity index (χ2n) is 4.38. The summed E-state index contributed by atoms with van der Waals surface area (Å²) in [6.45, 7) is 0.439. The first kappa shape index (κ1) is 14.3. The molecule has 104 valence electrons. The molecule has 0 aromatic heterocycles. The molecule has 0 unspecified atom stereocenters. The molecule has 1 heterocycles. The molecule has 6 nitrogen and oxygen atoms in total. The van der Waals surface area contributed by atoms with Crippen LogP contribution in [0.15, 0.2) is 24.3 Å². The van der Waals surface area contributed by atoms with Gasteiger partial charge in [0.15, 0.2) is 11.5 Å². The first-order valence-electron chi connectivity index (χ1n) is 6.05. The van der Waals surface area contributed by atoms with Crippen LogP contribution >= 0.6 is 7.82 Å². The van der Waals surface area contributed by atoms with Crippen LogP contribution in [-0.2, 0) is 19.9 Å². The Morgan fingerprint density at radius 3 is 2.52 bits per heavy atom. The molecule has 9 heteroatoms. The Morgan fingerprint density at radius 1 is 1.19 bits per heavy atom. The third kappa shape index (κ3) is 2.29. The number of ether oxygens (including phenoxy) is 1. The Kier molecular flexibility index (Phi) is 3.61. The highest BCUT2D eigenvalue weighted by molar-refractivity contribution is 7.50. The molecule has 0 aliphatic carbocycles. The summed E-state index contributed by atoms with van der Waals surface area (Å²) in [7, 11) is 5.54. The molecule has 2 aromatic rings. The lowest BCUT2D eigenvalue weighted by molar-refractivity contribution is 0.310. The zero-order valence-corrected chi connectivity index (χ0v) is 11.7. The summed E-state index contributed by atoms with van der Waals surface area (Å²) in [5.41, 5.74) is 0.560. The fraction of sp³-hybridized carbons (Fsp3) is 0.167. The molecule has 0 amide bonds. The highest BCUT2D eigenvalue weighted by atomic mass is 31.2. The van der Waals surface area contributed by atoms with Crippen molar-refractivity contribution in [3.63, 3.8) is 0 Å². The Labute approximate surface area is 123 Å². The Morgan fingerprint density at radius 2 is 1.86 bits per heavy atom. The molecule has 21 heavy (non-hydrogen) atoms. The minimum Gasteiger partial charge on any atom is -0.504 e. The van der Waals surface area contributed by atoms with Gasteiger partial charge in [-0.3, -0.25) is 0 Å². The van der Waals surface area contributed by atoms with Gasteiger partial charge in [0.05, 0.1) is 6.61 Å². The first-order valence-corrected chi connectivity index (χ1v) is 7.51. The van der Waals surface area contributed by atoms with Gasteiger partial charge in [0, 0.05) is 22.8 Å². The molecule has 0 saturated carbocycles. The topological polar surface area (TPSA) is 74.2 Å². The van der Waals surface area contributed by atoms with Gasteiger partial charge < -0.3 is 23.2 Å². The van der Waals surface area contributed by atoms with Gasteiger partial charge in [0.1, 0.15) is 5.75 Å². The number of phenolic OH excluding ortho intramolecular Hbond substituents is 1. The molecular formula is C12H9B2O6P. The number of benzene rings is 2. The monoisotopic (exact) mass is 302 g/mol. The van der Waals surface area contributed by atoms with Crippen LogP contribution in [0.3, 0.4) is 0 Å². The minimum absolute atomic E-state index is 0.0749. The fourth-order valence-corrected chi connectivity index (χ4v) is 2.88. The van der Waals surface area contributed by atoms with E-state index in [2.05, 4.69) is 8.88 Å². The SMILES string of the molecule is [B]OP(=O)(O[B])Oc1c(O)c2c(c3ccccc13)OCC2. The van der Waals surface area contributed by atoms with E-state index in [4.69, 9.17) is 25.4 Å². The van der Waals surface area contributed by atoms with Gasteiger partial charge >= 0.3 is 23.9 Å². The van der Waals surface area contributed by atoms with Crippen molar-refractivity contribution in [3.8, 4) is 17.2 Å². The van der Waals surface area contributed by atoms with Crippen molar-refractivity contribution >= 4 is 34.7 Å². The smallest absolute Gasteiger partial charge is 0.499 e. The van der Waals surface area contributed by atoms with Crippen LogP contribution in [0.1, 0.15) is 5.56 Å². The van der Waals surface area contributed by atoms with Crippen LogP contribution in [-0.4, -0.2) is 27.8 Å². The predicted octanol–water partition coefficient (Wildman–Crippen LogP) is 2.17. The number of hydrogen-bond acceptors (Lipinski definition) is 6. The van der Waals surface area contributed by atoms with Gasteiger partial charge in [-0.15, -0.1) is 0 Å². The summed E-state index contributed by atoms with van der Waals surface area (Å²) in [5, 5.41) is 11.5. The van der Waals surface area contributed by atoms with E-state index in [9.17, 15) is 9.67 Å². The van der Waals surface area contributed by atoms with Crippen LogP contribution in [0.4, 0.5) is 0 Å². The normalized spacial score (nSPS) is 13.9. The molecule has 1 aliphatic heterocycles. The molecule has 0 fully saturated rings. The zero-order chi connectivity index (χ0) is 15.0. The minimum atomic E-state index is -4.20. The molecule has 0 saturated heterocycles. The maximum Gasteiger partial charge on any atom is 0.499 e. The first-order chi connectivity index (χ1) is 10.1. The second kappa shape index (κ2) is 5.30. The summed E-state index contributed by atoms with van der Waals surface area (Å²) in [5.74, 6) is 0.303. The van der Waals surface area contributed by atoms with Crippen molar-refractivity contribution in [1.29, 1.82) is 0 Å². The molecule has 3 rings (SSSR count). The van der Waals surface area contributed by atoms with E-state index in [-0.39, 0.29) is 11.5 Å². The van der Waals surface area contributed by atoms with Crippen molar-refractivity contribution < 1.29 is 27.8 Å². The number of aromatic hydroxyl groups is 1. The van der Waals surface area contributed by atoms with Crippen LogP contribution in [0.2, 0.25) is 0 Å². The van der Waals surface area contributed by atoms with Crippen LogP contribution in [0.25, 0.3) is 10.8 Å². The van der Waals surface area contributed by atoms with Crippen molar-refractivity contribution in [2.45, 2.75) is 6.42 Å². The molecular weight excluding hydrogens is 293 g/mol. The van der Waals surface area contributed by atoms with E-state index < -0.39 is 7.82 Å². The van der Waals surface area contributed by atoms with Gasteiger partial charge in [0.25, 0.3) is 0 Å². The number of rotatable bonds is 4. The third-order valence-corrected chi connectivity index (χ3v) is 4.17. The Bertz CT molecular complexity index is 742. The Balaban J connectivity index is 2.25. The summed E-state index contributed by atoms with van der Waals surface area (Å²) >= 11 is 0. The number of hydrogen-bond donors (Lipinski definition) is 1. The molecule has 1 N–H and O–H groups in total. The fourth-order valence-electron chi connectivity index (χ4n) is 2.34. The van der Waals surface area contributed by atoms with Crippen molar-refractivity contribution in [1.82, 2.24) is 0 Å². The van der Waals surface area contributed by atoms with Crippen LogP contribution < -0.4 is 9.26 Å². The van der Waals surface area contributed by atoms with Gasteiger partial charge in [-0.2, -0.15) is 0 Å². The number of phosphoric acid groups is 1. The van der Waals surface area contributed by atoms with Gasteiger partial charge in [-0.05, 0) is 0 Å². The quantitative estimate of drug-likeness (QED) is 0.689. The van der Waals surface area contributed by atoms with Crippen LogP contribution in [0.5, 0.6) is 17.2 Å². The molecule has 4 radical (unpaired) electrons. The summed E-state index contributed by atoms with van der Waals surface area (Å²) in [6, 6.07) is 7.00. The molecule has 1 aliphatic rings. The highest BCUT2D eigenvalue weighted by Gasteiger charge is 2.30. The van der Waals surface area contributed by atoms with Crippen molar-refractivity contribution in [2.24, 2.45) is 0 Å². The van der Waals surface area contributed by atoms with Crippen molar-refractivity contribution in [3.05, 3.63) is 29.8 Å². The maximum atomic E-state index is 12.0. The number of fused-ring (bicyclic) bond motifs is 3. The summed E-state index contributed by atoms with van der Waals surface area (Å²) in [4.78, 5) is 0. The molecule has 0 spiro atoms. The second-order valence-corrected chi connectivity index (χ2v) is 5.88. The predicted molar refractivity (Wildman–Crippen MR) is 76.7 cm³/mol. The van der Waals surface area contributed by atoms with Gasteiger partial charge in [-0.1, -0.05) is 24.3 Å². The van der Waals surface area contributed by atoms with E-state index in [1.165, 1.54) is 0 Å². The molecule has 0 atom stereocenters. The molecule has 2 aromatic carbocycles. The number of phenols is 1.